The second-order valence-corrected chi connectivity index (χ2v) is 5.51. The van der Waals surface area contributed by atoms with Crippen LogP contribution in [0.25, 0.3) is 0 Å². The van der Waals surface area contributed by atoms with Crippen LogP contribution in [0.1, 0.15) is 10.6 Å². The summed E-state index contributed by atoms with van der Waals surface area (Å²) in [5.41, 5.74) is -0.383. The molecule has 7 nitrogen and oxygen atoms in total. The highest BCUT2D eigenvalue weighted by Gasteiger charge is 2.33. The topological polar surface area (TPSA) is 70.7 Å². The molecule has 0 aliphatic carbocycles. The average Bonchev–Trinajstić information content (AvgIpc) is 2.73. The van der Waals surface area contributed by atoms with Gasteiger partial charge >= 0.3 is 0 Å². The number of carbonyl (C=O) groups is 1. The van der Waals surface area contributed by atoms with Crippen LogP contribution < -0.4 is 10.9 Å². The molecule has 2 aliphatic rings. The van der Waals surface area contributed by atoms with Gasteiger partial charge in [-0.25, -0.2) is 0 Å². The SMILES string of the molecule is Cc1cc(=O)n(C(=O)CN2CC(N3CCNCC3)C2)o1. The van der Waals surface area contributed by atoms with E-state index >= 15 is 0 Å². The molecule has 20 heavy (non-hydrogen) atoms. The van der Waals surface area contributed by atoms with E-state index in [0.29, 0.717) is 11.8 Å². The van der Waals surface area contributed by atoms with E-state index in [2.05, 4.69) is 15.1 Å². The lowest BCUT2D eigenvalue weighted by Gasteiger charge is -2.46. The fourth-order valence-corrected chi connectivity index (χ4v) is 2.83. The maximum atomic E-state index is 12.0. The quantitative estimate of drug-likeness (QED) is 0.764. The first-order valence-electron chi connectivity index (χ1n) is 7.04. The van der Waals surface area contributed by atoms with E-state index in [1.54, 1.807) is 6.92 Å². The van der Waals surface area contributed by atoms with Gasteiger partial charge in [0.15, 0.2) is 0 Å². The molecule has 0 saturated carbocycles. The summed E-state index contributed by atoms with van der Waals surface area (Å²) in [5, 5.41) is 3.33. The first-order chi connectivity index (χ1) is 9.63. The van der Waals surface area contributed by atoms with E-state index in [1.807, 2.05) is 0 Å². The van der Waals surface area contributed by atoms with Crippen molar-refractivity contribution in [2.45, 2.75) is 13.0 Å². The third-order valence-electron chi connectivity index (χ3n) is 3.95. The smallest absolute Gasteiger partial charge is 0.290 e. The zero-order valence-corrected chi connectivity index (χ0v) is 11.7. The van der Waals surface area contributed by atoms with Crippen molar-refractivity contribution in [3.8, 4) is 0 Å². The lowest BCUT2D eigenvalue weighted by Crippen LogP contribution is -2.63. The van der Waals surface area contributed by atoms with Crippen molar-refractivity contribution in [1.82, 2.24) is 19.9 Å². The highest BCUT2D eigenvalue weighted by atomic mass is 16.5. The lowest BCUT2D eigenvalue weighted by molar-refractivity contribution is 0.0213. The van der Waals surface area contributed by atoms with Crippen LogP contribution in [0, 0.1) is 6.92 Å². The Morgan fingerprint density at radius 2 is 2.10 bits per heavy atom. The summed E-state index contributed by atoms with van der Waals surface area (Å²) in [6.45, 7) is 7.91. The number of likely N-dealkylation sites (tertiary alicyclic amines) is 1. The van der Waals surface area contributed by atoms with Crippen molar-refractivity contribution in [2.75, 3.05) is 45.8 Å². The van der Waals surface area contributed by atoms with Crippen LogP contribution in [0.3, 0.4) is 0 Å². The third-order valence-corrected chi connectivity index (χ3v) is 3.95. The number of aromatic nitrogens is 1. The van der Waals surface area contributed by atoms with E-state index in [9.17, 15) is 9.59 Å². The summed E-state index contributed by atoms with van der Waals surface area (Å²) < 4.78 is 5.95. The average molecular weight is 280 g/mol. The molecular formula is C13H20N4O3. The molecule has 0 spiro atoms. The van der Waals surface area contributed by atoms with E-state index in [0.717, 1.165) is 44.0 Å². The second kappa shape index (κ2) is 5.51. The van der Waals surface area contributed by atoms with Crippen molar-refractivity contribution in [1.29, 1.82) is 0 Å². The van der Waals surface area contributed by atoms with Crippen LogP contribution in [0.2, 0.25) is 0 Å². The number of rotatable bonds is 3. The highest BCUT2D eigenvalue weighted by molar-refractivity contribution is 5.79. The minimum Gasteiger partial charge on any atom is -0.373 e. The molecule has 0 radical (unpaired) electrons. The van der Waals surface area contributed by atoms with Crippen molar-refractivity contribution in [3.05, 3.63) is 22.2 Å². The summed E-state index contributed by atoms with van der Waals surface area (Å²) in [7, 11) is 0. The Labute approximate surface area is 117 Å². The first-order valence-corrected chi connectivity index (χ1v) is 7.04. The molecule has 0 bridgehead atoms. The zero-order valence-electron chi connectivity index (χ0n) is 11.7. The van der Waals surface area contributed by atoms with Crippen LogP contribution in [-0.2, 0) is 0 Å². The number of hydrogen-bond donors (Lipinski definition) is 1. The Balaban J connectivity index is 1.50. The van der Waals surface area contributed by atoms with Gasteiger partial charge in [0.2, 0.25) is 0 Å². The summed E-state index contributed by atoms with van der Waals surface area (Å²) in [5.74, 6) is 0.174. The Morgan fingerprint density at radius 1 is 1.40 bits per heavy atom. The molecule has 0 atom stereocenters. The van der Waals surface area contributed by atoms with Crippen molar-refractivity contribution >= 4 is 5.91 Å². The standard InChI is InChI=1S/C13H20N4O3/c1-10-6-12(18)17(20-10)13(19)9-15-7-11(8-15)16-4-2-14-3-5-16/h6,11,14H,2-5,7-9H2,1H3. The number of aryl methyl sites for hydroxylation is 1. The zero-order chi connectivity index (χ0) is 14.1. The summed E-state index contributed by atoms with van der Waals surface area (Å²) in [6, 6.07) is 1.87. The molecular weight excluding hydrogens is 260 g/mol. The number of carbonyl (C=O) groups excluding carboxylic acids is 1. The molecule has 2 aliphatic heterocycles. The minimum absolute atomic E-state index is 0.245. The lowest BCUT2D eigenvalue weighted by atomic mass is 10.1. The van der Waals surface area contributed by atoms with Gasteiger partial charge < -0.3 is 9.84 Å². The number of nitrogens with zero attached hydrogens (tertiary/aromatic N) is 3. The predicted molar refractivity (Wildman–Crippen MR) is 73.0 cm³/mol. The molecule has 1 N–H and O–H groups in total. The maximum absolute atomic E-state index is 12.0. The fourth-order valence-electron chi connectivity index (χ4n) is 2.83. The van der Waals surface area contributed by atoms with E-state index < -0.39 is 0 Å². The van der Waals surface area contributed by atoms with Gasteiger partial charge in [-0.15, -0.1) is 4.74 Å². The summed E-state index contributed by atoms with van der Waals surface area (Å²) in [6.07, 6.45) is 0. The monoisotopic (exact) mass is 280 g/mol. The molecule has 2 saturated heterocycles. The molecule has 0 amide bonds. The van der Waals surface area contributed by atoms with Gasteiger partial charge in [-0.2, -0.15) is 0 Å². The summed E-state index contributed by atoms with van der Waals surface area (Å²) >= 11 is 0. The van der Waals surface area contributed by atoms with Gasteiger partial charge in [0.1, 0.15) is 5.76 Å². The molecule has 110 valence electrons. The molecule has 0 aromatic carbocycles. The number of nitrogens with one attached hydrogen (secondary N) is 1. The first kappa shape index (κ1) is 13.5. The second-order valence-electron chi connectivity index (χ2n) is 5.51. The molecule has 1 aromatic heterocycles. The van der Waals surface area contributed by atoms with Gasteiger partial charge in [-0.05, 0) is 6.92 Å². The number of hydrogen-bond acceptors (Lipinski definition) is 6. The van der Waals surface area contributed by atoms with Crippen LogP contribution in [-0.4, -0.2) is 72.3 Å². The van der Waals surface area contributed by atoms with Crippen molar-refractivity contribution in [3.63, 3.8) is 0 Å². The van der Waals surface area contributed by atoms with Gasteiger partial charge in [-0.1, -0.05) is 0 Å². The fraction of sp³-hybridized carbons (Fsp3) is 0.692. The molecule has 7 heteroatoms. The molecule has 3 rings (SSSR count). The largest absolute Gasteiger partial charge is 0.373 e. The van der Waals surface area contributed by atoms with Gasteiger partial charge in [0.05, 0.1) is 6.54 Å². The highest BCUT2D eigenvalue weighted by Crippen LogP contribution is 2.15. The molecule has 3 heterocycles. The third kappa shape index (κ3) is 2.70. The molecule has 2 fully saturated rings. The van der Waals surface area contributed by atoms with E-state index in [-0.39, 0.29) is 18.0 Å². The maximum Gasteiger partial charge on any atom is 0.290 e. The van der Waals surface area contributed by atoms with Crippen LogP contribution in [0.4, 0.5) is 0 Å². The van der Waals surface area contributed by atoms with Crippen molar-refractivity contribution in [2.24, 2.45) is 0 Å². The van der Waals surface area contributed by atoms with Gasteiger partial charge in [-0.3, -0.25) is 19.4 Å². The van der Waals surface area contributed by atoms with Crippen molar-refractivity contribution < 1.29 is 9.32 Å². The Morgan fingerprint density at radius 3 is 2.70 bits per heavy atom. The Bertz CT molecular complexity index is 538. The number of piperazine rings is 1. The van der Waals surface area contributed by atoms with E-state index in [1.165, 1.54) is 6.07 Å². The Kier molecular flexibility index (Phi) is 3.73. The van der Waals surface area contributed by atoms with Crippen LogP contribution >= 0.6 is 0 Å². The van der Waals surface area contributed by atoms with Gasteiger partial charge in [0, 0.05) is 51.4 Å². The van der Waals surface area contributed by atoms with Gasteiger partial charge in [0.25, 0.3) is 11.5 Å². The van der Waals surface area contributed by atoms with Crippen LogP contribution in [0.15, 0.2) is 15.4 Å². The minimum atomic E-state index is -0.383. The normalized spacial score (nSPS) is 21.9. The molecule has 1 aromatic rings. The predicted octanol–water partition coefficient (Wildman–Crippen LogP) is -1.02. The Hall–Kier alpha value is -1.44. The van der Waals surface area contributed by atoms with E-state index in [4.69, 9.17) is 4.52 Å². The van der Waals surface area contributed by atoms with Crippen LogP contribution in [0.5, 0.6) is 0 Å². The molecule has 0 unspecified atom stereocenters. The summed E-state index contributed by atoms with van der Waals surface area (Å²) in [4.78, 5) is 28.0.